The molecule has 0 radical (unpaired) electrons. The predicted molar refractivity (Wildman–Crippen MR) is 137 cm³/mol. The molecule has 0 unspecified atom stereocenters. The van der Waals surface area contributed by atoms with Gasteiger partial charge in [0.2, 0.25) is 0 Å². The molecule has 0 aliphatic carbocycles. The standard InChI is InChI=1S/C25H30ClN3O5S/c1-15(2)21(24(31)34-25(4,5)6)28(7)22-19(26)12-27-23-20(22)17(14-30)13-29(23)35(32,33)18-10-8-16(3)9-11-18/h8-15,21H,1-7H3/t21-/m1/s1. The number of rotatable bonds is 7. The van der Waals surface area contributed by atoms with Crippen molar-refractivity contribution < 1.29 is 22.7 Å². The minimum atomic E-state index is -4.06. The van der Waals surface area contributed by atoms with Crippen molar-refractivity contribution in [2.75, 3.05) is 11.9 Å². The summed E-state index contributed by atoms with van der Waals surface area (Å²) in [4.78, 5) is 31.1. The van der Waals surface area contributed by atoms with E-state index in [1.54, 1.807) is 44.9 Å². The molecule has 1 aromatic carbocycles. The molecule has 1 atom stereocenters. The Morgan fingerprint density at radius 1 is 1.20 bits per heavy atom. The first-order chi connectivity index (χ1) is 16.2. The zero-order chi connectivity index (χ0) is 26.3. The van der Waals surface area contributed by atoms with Crippen LogP contribution in [0.2, 0.25) is 5.02 Å². The van der Waals surface area contributed by atoms with Crippen LogP contribution in [0.4, 0.5) is 5.69 Å². The van der Waals surface area contributed by atoms with Crippen LogP contribution in [0.5, 0.6) is 0 Å². The maximum absolute atomic E-state index is 13.4. The van der Waals surface area contributed by atoms with Gasteiger partial charge in [0.05, 0.1) is 27.2 Å². The Bertz CT molecular complexity index is 1370. The number of halogens is 1. The lowest BCUT2D eigenvalue weighted by molar-refractivity contribution is -0.157. The van der Waals surface area contributed by atoms with Crippen molar-refractivity contribution in [2.45, 2.75) is 58.1 Å². The summed E-state index contributed by atoms with van der Waals surface area (Å²) in [6.45, 7) is 10.9. The van der Waals surface area contributed by atoms with E-state index in [2.05, 4.69) is 4.98 Å². The summed E-state index contributed by atoms with van der Waals surface area (Å²) in [5.74, 6) is -0.650. The second-order valence-electron chi connectivity index (χ2n) is 9.80. The van der Waals surface area contributed by atoms with Crippen LogP contribution >= 0.6 is 11.6 Å². The second-order valence-corrected chi connectivity index (χ2v) is 12.0. The highest BCUT2D eigenvalue weighted by Crippen LogP contribution is 2.38. The van der Waals surface area contributed by atoms with Crippen LogP contribution < -0.4 is 4.90 Å². The van der Waals surface area contributed by atoms with Gasteiger partial charge in [0, 0.05) is 18.8 Å². The number of nitrogens with zero attached hydrogens (tertiary/aromatic N) is 3. The molecule has 0 amide bonds. The SMILES string of the molecule is Cc1ccc(S(=O)(=O)n2cc(C=O)c3c(N(C)[C@@H](C(=O)OC(C)(C)C)C(C)C)c(Cl)cnc32)cc1. The van der Waals surface area contributed by atoms with E-state index in [1.165, 1.54) is 24.5 Å². The molecule has 8 nitrogen and oxygen atoms in total. The number of pyridine rings is 1. The van der Waals surface area contributed by atoms with E-state index >= 15 is 0 Å². The first kappa shape index (κ1) is 26.7. The number of esters is 1. The predicted octanol–water partition coefficient (Wildman–Crippen LogP) is 4.85. The van der Waals surface area contributed by atoms with Crippen LogP contribution in [0, 0.1) is 12.8 Å². The number of ether oxygens (including phenoxy) is 1. The Kier molecular flexibility index (Phi) is 7.34. The Morgan fingerprint density at radius 3 is 2.31 bits per heavy atom. The van der Waals surface area contributed by atoms with Crippen LogP contribution in [0.15, 0.2) is 41.6 Å². The van der Waals surface area contributed by atoms with E-state index in [9.17, 15) is 18.0 Å². The fourth-order valence-corrected chi connectivity index (χ4v) is 5.58. The fourth-order valence-electron chi connectivity index (χ4n) is 3.97. The summed E-state index contributed by atoms with van der Waals surface area (Å²) in [7, 11) is -2.40. The number of carbonyl (C=O) groups excluding carboxylic acids is 2. The average Bonchev–Trinajstić information content (AvgIpc) is 3.11. The molecule has 3 aromatic rings. The number of carbonyl (C=O) groups is 2. The van der Waals surface area contributed by atoms with E-state index < -0.39 is 27.6 Å². The van der Waals surface area contributed by atoms with Crippen LogP contribution in [-0.4, -0.2) is 48.3 Å². The molecule has 10 heteroatoms. The number of hydrogen-bond acceptors (Lipinski definition) is 7. The van der Waals surface area contributed by atoms with Gasteiger partial charge in [-0.1, -0.05) is 43.1 Å². The normalized spacial score (nSPS) is 13.2. The third-order valence-electron chi connectivity index (χ3n) is 5.50. The molecule has 188 valence electrons. The summed E-state index contributed by atoms with van der Waals surface area (Å²) in [5.41, 5.74) is 0.638. The first-order valence-corrected chi connectivity index (χ1v) is 12.9. The summed E-state index contributed by atoms with van der Waals surface area (Å²) in [5, 5.41) is 0.405. The van der Waals surface area contributed by atoms with Gasteiger partial charge in [0.15, 0.2) is 11.9 Å². The van der Waals surface area contributed by atoms with Crippen LogP contribution in [-0.2, 0) is 19.6 Å². The molecule has 2 heterocycles. The van der Waals surface area contributed by atoms with E-state index in [1.807, 2.05) is 20.8 Å². The van der Waals surface area contributed by atoms with Crippen LogP contribution in [0.25, 0.3) is 11.0 Å². The van der Waals surface area contributed by atoms with Gasteiger partial charge in [-0.2, -0.15) is 0 Å². The lowest BCUT2D eigenvalue weighted by Crippen LogP contribution is -2.46. The number of aromatic nitrogens is 2. The summed E-state index contributed by atoms with van der Waals surface area (Å²) in [6.07, 6.45) is 3.10. The smallest absolute Gasteiger partial charge is 0.329 e. The number of hydrogen-bond donors (Lipinski definition) is 0. The number of anilines is 1. The van der Waals surface area contributed by atoms with Gasteiger partial charge >= 0.3 is 5.97 Å². The Morgan fingerprint density at radius 2 is 1.80 bits per heavy atom. The third kappa shape index (κ3) is 5.21. The number of aldehydes is 1. The molecular weight excluding hydrogens is 490 g/mol. The van der Waals surface area contributed by atoms with Gasteiger partial charge < -0.3 is 9.64 Å². The Labute approximate surface area is 210 Å². The molecule has 2 aromatic heterocycles. The van der Waals surface area contributed by atoms with E-state index in [-0.39, 0.29) is 32.4 Å². The van der Waals surface area contributed by atoms with Crippen molar-refractivity contribution >= 4 is 50.6 Å². The summed E-state index contributed by atoms with van der Waals surface area (Å²) >= 11 is 6.54. The number of likely N-dealkylation sites (N-methyl/N-ethyl adjacent to an activating group) is 1. The summed E-state index contributed by atoms with van der Waals surface area (Å²) in [6, 6.07) is 5.62. The van der Waals surface area contributed by atoms with Gasteiger partial charge in [-0.3, -0.25) is 4.79 Å². The monoisotopic (exact) mass is 519 g/mol. The van der Waals surface area contributed by atoms with Crippen molar-refractivity contribution in [3.05, 3.63) is 52.8 Å². The molecule has 3 rings (SSSR count). The molecule has 0 aliphatic rings. The average molecular weight is 520 g/mol. The maximum atomic E-state index is 13.4. The molecular formula is C25H30ClN3O5S. The largest absolute Gasteiger partial charge is 0.458 e. The lowest BCUT2D eigenvalue weighted by atomic mass is 10.0. The molecule has 0 N–H and O–H groups in total. The minimum absolute atomic E-state index is 0.0330. The quantitative estimate of drug-likeness (QED) is 0.325. The molecule has 0 saturated carbocycles. The van der Waals surface area contributed by atoms with Crippen LogP contribution in [0.3, 0.4) is 0 Å². The Hall–Kier alpha value is -2.91. The molecule has 0 fully saturated rings. The third-order valence-corrected chi connectivity index (χ3v) is 7.44. The van der Waals surface area contributed by atoms with E-state index in [0.29, 0.717) is 12.0 Å². The number of aryl methyl sites for hydroxylation is 1. The van der Waals surface area contributed by atoms with Crippen molar-refractivity contribution in [3.63, 3.8) is 0 Å². The van der Waals surface area contributed by atoms with Gasteiger partial charge in [-0.05, 0) is 45.7 Å². The zero-order valence-corrected chi connectivity index (χ0v) is 22.4. The fraction of sp³-hybridized carbons (Fsp3) is 0.400. The molecule has 0 bridgehead atoms. The molecule has 0 saturated heterocycles. The summed E-state index contributed by atoms with van der Waals surface area (Å²) < 4.78 is 33.5. The van der Waals surface area contributed by atoms with Crippen molar-refractivity contribution in [2.24, 2.45) is 5.92 Å². The second kappa shape index (κ2) is 9.62. The van der Waals surface area contributed by atoms with E-state index in [0.717, 1.165) is 9.54 Å². The number of fused-ring (bicyclic) bond motifs is 1. The van der Waals surface area contributed by atoms with Crippen molar-refractivity contribution in [1.29, 1.82) is 0 Å². The van der Waals surface area contributed by atoms with Gasteiger partial charge in [-0.15, -0.1) is 0 Å². The van der Waals surface area contributed by atoms with E-state index in [4.69, 9.17) is 16.3 Å². The first-order valence-electron chi connectivity index (χ1n) is 11.1. The highest BCUT2D eigenvalue weighted by atomic mass is 35.5. The Balaban J connectivity index is 2.25. The van der Waals surface area contributed by atoms with Gasteiger partial charge in [0.1, 0.15) is 11.6 Å². The molecule has 0 spiro atoms. The number of benzene rings is 1. The van der Waals surface area contributed by atoms with Crippen molar-refractivity contribution in [1.82, 2.24) is 8.96 Å². The lowest BCUT2D eigenvalue weighted by Gasteiger charge is -2.34. The highest BCUT2D eigenvalue weighted by molar-refractivity contribution is 7.90. The van der Waals surface area contributed by atoms with Crippen molar-refractivity contribution in [3.8, 4) is 0 Å². The molecule has 35 heavy (non-hydrogen) atoms. The molecule has 0 aliphatic heterocycles. The topological polar surface area (TPSA) is 98.6 Å². The maximum Gasteiger partial charge on any atom is 0.329 e. The van der Waals surface area contributed by atoms with Gasteiger partial charge in [0.25, 0.3) is 10.0 Å². The zero-order valence-electron chi connectivity index (χ0n) is 20.9. The van der Waals surface area contributed by atoms with Crippen LogP contribution in [0.1, 0.15) is 50.5 Å². The minimum Gasteiger partial charge on any atom is -0.458 e. The highest BCUT2D eigenvalue weighted by Gasteiger charge is 2.34. The van der Waals surface area contributed by atoms with Gasteiger partial charge in [-0.25, -0.2) is 22.2 Å².